The zero-order valence-electron chi connectivity index (χ0n) is 12.4. The van der Waals surface area contributed by atoms with E-state index in [1.165, 1.54) is 0 Å². The normalized spacial score (nSPS) is 12.6. The average molecular weight is 288 g/mol. The van der Waals surface area contributed by atoms with Crippen molar-refractivity contribution in [2.75, 3.05) is 26.4 Å². The van der Waals surface area contributed by atoms with Crippen LogP contribution in [0.1, 0.15) is 27.2 Å². The van der Waals surface area contributed by atoms with Gasteiger partial charge >= 0.3 is 11.9 Å². The molecule has 0 rings (SSSR count). The summed E-state index contributed by atoms with van der Waals surface area (Å²) in [7, 11) is 0. The Hall–Kier alpha value is -1.40. The van der Waals surface area contributed by atoms with Gasteiger partial charge in [-0.25, -0.2) is 4.79 Å². The Morgan fingerprint density at radius 1 is 1.25 bits per heavy atom. The van der Waals surface area contributed by atoms with Crippen LogP contribution in [0.3, 0.4) is 0 Å². The number of hydrogen-bond donors (Lipinski definition) is 1. The molecule has 0 aromatic heterocycles. The summed E-state index contributed by atoms with van der Waals surface area (Å²) < 4.78 is 14.8. The van der Waals surface area contributed by atoms with Crippen LogP contribution in [0.4, 0.5) is 0 Å². The Bertz CT molecular complexity index is 324. The van der Waals surface area contributed by atoms with Crippen molar-refractivity contribution < 1.29 is 28.9 Å². The van der Waals surface area contributed by atoms with Gasteiger partial charge in [0.1, 0.15) is 19.3 Å². The number of carbonyl (C=O) groups is 2. The summed E-state index contributed by atoms with van der Waals surface area (Å²) in [5.41, 5.74) is -0.502. The molecule has 0 radical (unpaired) electrons. The molecule has 1 unspecified atom stereocenters. The number of hydrogen-bond acceptors (Lipinski definition) is 6. The van der Waals surface area contributed by atoms with Crippen molar-refractivity contribution >= 4 is 11.9 Å². The maximum Gasteiger partial charge on any atom is 0.330 e. The van der Waals surface area contributed by atoms with E-state index in [1.807, 2.05) is 20.8 Å². The van der Waals surface area contributed by atoms with Crippen molar-refractivity contribution in [3.63, 3.8) is 0 Å². The largest absolute Gasteiger partial charge is 0.463 e. The smallest absolute Gasteiger partial charge is 0.330 e. The van der Waals surface area contributed by atoms with Gasteiger partial charge in [-0.15, -0.1) is 0 Å². The van der Waals surface area contributed by atoms with Gasteiger partial charge in [0, 0.05) is 6.08 Å². The van der Waals surface area contributed by atoms with E-state index in [9.17, 15) is 14.7 Å². The molecular formula is C14H24O6. The molecule has 0 heterocycles. The lowest BCUT2D eigenvalue weighted by molar-refractivity contribution is -0.156. The summed E-state index contributed by atoms with van der Waals surface area (Å²) in [6.45, 7) is 8.92. The van der Waals surface area contributed by atoms with E-state index in [4.69, 9.17) is 9.47 Å². The van der Waals surface area contributed by atoms with Gasteiger partial charge in [-0.1, -0.05) is 13.5 Å². The molecule has 0 amide bonds. The summed E-state index contributed by atoms with van der Waals surface area (Å²) in [4.78, 5) is 22.3. The molecule has 0 aromatic rings. The Balaban J connectivity index is 3.64. The lowest BCUT2D eigenvalue weighted by Crippen LogP contribution is -2.28. The third-order valence-electron chi connectivity index (χ3n) is 2.79. The molecule has 0 aliphatic carbocycles. The SMILES string of the molecule is C=CC(=O)OCC(O)COCCOC(=O)C(C)(C)CC. The molecule has 0 aliphatic rings. The summed E-state index contributed by atoms with van der Waals surface area (Å²) in [5, 5.41) is 9.43. The van der Waals surface area contributed by atoms with E-state index in [2.05, 4.69) is 11.3 Å². The fraction of sp³-hybridized carbons (Fsp3) is 0.714. The fourth-order valence-corrected chi connectivity index (χ4v) is 1.04. The van der Waals surface area contributed by atoms with Crippen LogP contribution in [-0.4, -0.2) is 49.6 Å². The van der Waals surface area contributed by atoms with Gasteiger partial charge in [-0.05, 0) is 20.3 Å². The Labute approximate surface area is 119 Å². The van der Waals surface area contributed by atoms with Crippen molar-refractivity contribution in [2.24, 2.45) is 5.41 Å². The monoisotopic (exact) mass is 288 g/mol. The van der Waals surface area contributed by atoms with Crippen LogP contribution >= 0.6 is 0 Å². The number of carbonyl (C=O) groups excluding carboxylic acids is 2. The van der Waals surface area contributed by atoms with Gasteiger partial charge in [0.25, 0.3) is 0 Å². The van der Waals surface area contributed by atoms with Crippen molar-refractivity contribution in [1.29, 1.82) is 0 Å². The second kappa shape index (κ2) is 9.50. The Kier molecular flexibility index (Phi) is 8.83. The number of aliphatic hydroxyl groups is 1. The zero-order chi connectivity index (χ0) is 15.6. The number of aliphatic hydroxyl groups excluding tert-OH is 1. The molecule has 0 spiro atoms. The molecule has 0 fully saturated rings. The lowest BCUT2D eigenvalue weighted by atomic mass is 9.91. The molecule has 116 valence electrons. The van der Waals surface area contributed by atoms with Gasteiger partial charge in [-0.2, -0.15) is 0 Å². The summed E-state index contributed by atoms with van der Waals surface area (Å²) in [6, 6.07) is 0. The number of ether oxygens (including phenoxy) is 3. The molecule has 6 heteroatoms. The van der Waals surface area contributed by atoms with Crippen LogP contribution in [0.2, 0.25) is 0 Å². The van der Waals surface area contributed by atoms with E-state index in [0.717, 1.165) is 6.08 Å². The predicted octanol–water partition coefficient (Wildman–Crippen LogP) is 1.07. The van der Waals surface area contributed by atoms with E-state index in [1.54, 1.807) is 0 Å². The van der Waals surface area contributed by atoms with Crippen molar-refractivity contribution in [3.8, 4) is 0 Å². The molecule has 6 nitrogen and oxygen atoms in total. The van der Waals surface area contributed by atoms with Gasteiger partial charge in [-0.3, -0.25) is 4.79 Å². The first-order chi connectivity index (χ1) is 9.33. The molecule has 1 atom stereocenters. The van der Waals surface area contributed by atoms with E-state index in [-0.39, 0.29) is 32.4 Å². The van der Waals surface area contributed by atoms with Crippen molar-refractivity contribution in [3.05, 3.63) is 12.7 Å². The van der Waals surface area contributed by atoms with Crippen LogP contribution in [0, 0.1) is 5.41 Å². The average Bonchev–Trinajstić information content (AvgIpc) is 2.43. The minimum Gasteiger partial charge on any atom is -0.463 e. The maximum absolute atomic E-state index is 11.6. The van der Waals surface area contributed by atoms with Gasteiger partial charge in [0.05, 0.1) is 18.6 Å². The van der Waals surface area contributed by atoms with Crippen LogP contribution in [0.25, 0.3) is 0 Å². The summed E-state index contributed by atoms with van der Waals surface area (Å²) in [6.07, 6.45) is 0.796. The van der Waals surface area contributed by atoms with E-state index >= 15 is 0 Å². The molecule has 20 heavy (non-hydrogen) atoms. The standard InChI is InChI=1S/C14H24O6/c1-5-12(16)20-10-11(15)9-18-7-8-19-13(17)14(3,4)6-2/h5,11,15H,1,6-10H2,2-4H3. The quantitative estimate of drug-likeness (QED) is 0.368. The Morgan fingerprint density at radius 3 is 2.45 bits per heavy atom. The van der Waals surface area contributed by atoms with Crippen LogP contribution in [-0.2, 0) is 23.8 Å². The van der Waals surface area contributed by atoms with Gasteiger partial charge in [0.2, 0.25) is 0 Å². The maximum atomic E-state index is 11.6. The molecule has 0 bridgehead atoms. The molecule has 0 saturated carbocycles. The van der Waals surface area contributed by atoms with Crippen LogP contribution in [0.15, 0.2) is 12.7 Å². The number of esters is 2. The number of rotatable bonds is 10. The van der Waals surface area contributed by atoms with Crippen molar-refractivity contribution in [1.82, 2.24) is 0 Å². The topological polar surface area (TPSA) is 82.1 Å². The van der Waals surface area contributed by atoms with Crippen molar-refractivity contribution in [2.45, 2.75) is 33.3 Å². The molecule has 0 saturated heterocycles. The van der Waals surface area contributed by atoms with Gasteiger partial charge in [0.15, 0.2) is 0 Å². The lowest BCUT2D eigenvalue weighted by Gasteiger charge is -2.20. The fourth-order valence-electron chi connectivity index (χ4n) is 1.04. The molecule has 1 N–H and O–H groups in total. The summed E-state index contributed by atoms with van der Waals surface area (Å²) >= 11 is 0. The zero-order valence-corrected chi connectivity index (χ0v) is 12.4. The van der Waals surface area contributed by atoms with Gasteiger partial charge < -0.3 is 19.3 Å². The first-order valence-electron chi connectivity index (χ1n) is 6.55. The molecular weight excluding hydrogens is 264 g/mol. The Morgan fingerprint density at radius 2 is 1.90 bits per heavy atom. The first-order valence-corrected chi connectivity index (χ1v) is 6.55. The highest BCUT2D eigenvalue weighted by atomic mass is 16.6. The highest BCUT2D eigenvalue weighted by Gasteiger charge is 2.26. The highest BCUT2D eigenvalue weighted by molar-refractivity contribution is 5.81. The second-order valence-corrected chi connectivity index (χ2v) is 4.94. The molecule has 0 aromatic carbocycles. The third-order valence-corrected chi connectivity index (χ3v) is 2.79. The predicted molar refractivity (Wildman–Crippen MR) is 73.0 cm³/mol. The van der Waals surface area contributed by atoms with E-state index in [0.29, 0.717) is 6.42 Å². The van der Waals surface area contributed by atoms with E-state index < -0.39 is 17.5 Å². The second-order valence-electron chi connectivity index (χ2n) is 4.94. The third kappa shape index (κ3) is 7.91. The minimum absolute atomic E-state index is 0.000849. The minimum atomic E-state index is -0.915. The summed E-state index contributed by atoms with van der Waals surface area (Å²) in [5.74, 6) is -0.871. The highest BCUT2D eigenvalue weighted by Crippen LogP contribution is 2.21. The molecule has 0 aliphatic heterocycles. The van der Waals surface area contributed by atoms with Crippen LogP contribution < -0.4 is 0 Å². The van der Waals surface area contributed by atoms with Crippen LogP contribution in [0.5, 0.6) is 0 Å². The first kappa shape index (κ1) is 18.6.